The van der Waals surface area contributed by atoms with Crippen molar-refractivity contribution >= 4 is 5.78 Å². The Bertz CT molecular complexity index is 1530. The van der Waals surface area contributed by atoms with E-state index >= 15 is 0 Å². The zero-order chi connectivity index (χ0) is 26.0. The minimum absolute atomic E-state index is 0.00221. The first kappa shape index (κ1) is 24.3. The molecule has 0 fully saturated rings. The van der Waals surface area contributed by atoms with E-state index in [0.29, 0.717) is 11.1 Å². The third kappa shape index (κ3) is 5.24. The van der Waals surface area contributed by atoms with Gasteiger partial charge in [-0.25, -0.2) is 0 Å². The molecule has 0 aliphatic rings. The van der Waals surface area contributed by atoms with Crippen LogP contribution in [0.2, 0.25) is 0 Å². The summed E-state index contributed by atoms with van der Waals surface area (Å²) < 4.78 is 38.6. The number of alkyl halides is 3. The number of hydrogen-bond acceptors (Lipinski definition) is 1. The predicted molar refractivity (Wildman–Crippen MR) is 142 cm³/mol. The molecule has 0 unspecified atom stereocenters. The molecule has 37 heavy (non-hydrogen) atoms. The topological polar surface area (TPSA) is 17.1 Å². The molecule has 0 radical (unpaired) electrons. The predicted octanol–water partition coefficient (Wildman–Crippen LogP) is 9.25. The van der Waals surface area contributed by atoms with Gasteiger partial charge in [0.05, 0.1) is 5.56 Å². The molecule has 5 rings (SSSR count). The number of aryl methyl sites for hydroxylation is 1. The summed E-state index contributed by atoms with van der Waals surface area (Å²) in [5, 5.41) is 0. The highest BCUT2D eigenvalue weighted by molar-refractivity contribution is 6.09. The van der Waals surface area contributed by atoms with E-state index in [-0.39, 0.29) is 5.78 Å². The molecule has 0 aliphatic heterocycles. The Labute approximate surface area is 213 Å². The number of ketones is 1. The average molecular weight is 493 g/mol. The van der Waals surface area contributed by atoms with E-state index in [1.54, 1.807) is 0 Å². The number of hydrogen-bond donors (Lipinski definition) is 0. The maximum Gasteiger partial charge on any atom is 0.416 e. The number of carbonyl (C=O) groups excluding carboxylic acids is 1. The van der Waals surface area contributed by atoms with E-state index in [1.165, 1.54) is 12.1 Å². The Kier molecular flexibility index (Phi) is 6.49. The van der Waals surface area contributed by atoms with Crippen LogP contribution in [-0.2, 0) is 6.18 Å². The third-order valence-corrected chi connectivity index (χ3v) is 6.48. The molecule has 0 atom stereocenters. The fourth-order valence-corrected chi connectivity index (χ4v) is 4.43. The molecular formula is C33H23F3O. The van der Waals surface area contributed by atoms with Gasteiger partial charge in [-0.2, -0.15) is 13.2 Å². The van der Waals surface area contributed by atoms with Crippen molar-refractivity contribution in [3.05, 3.63) is 144 Å². The van der Waals surface area contributed by atoms with Crippen LogP contribution < -0.4 is 0 Å². The Hall–Kier alpha value is -4.44. The van der Waals surface area contributed by atoms with Gasteiger partial charge in [-0.1, -0.05) is 109 Å². The van der Waals surface area contributed by atoms with Crippen LogP contribution >= 0.6 is 0 Å². The summed E-state index contributed by atoms with van der Waals surface area (Å²) in [6, 6.07) is 36.2. The number of carbonyl (C=O) groups is 1. The maximum atomic E-state index is 12.9. The van der Waals surface area contributed by atoms with E-state index in [4.69, 9.17) is 0 Å². The van der Waals surface area contributed by atoms with Gasteiger partial charge in [-0.15, -0.1) is 0 Å². The fourth-order valence-electron chi connectivity index (χ4n) is 4.43. The summed E-state index contributed by atoms with van der Waals surface area (Å²) in [5.41, 5.74) is 7.44. The van der Waals surface area contributed by atoms with Crippen molar-refractivity contribution in [2.75, 3.05) is 0 Å². The minimum Gasteiger partial charge on any atom is -0.289 e. The van der Waals surface area contributed by atoms with Gasteiger partial charge in [0.25, 0.3) is 0 Å². The first-order valence-electron chi connectivity index (χ1n) is 11.9. The molecule has 1 nitrogen and oxygen atoms in total. The second kappa shape index (κ2) is 9.90. The SMILES string of the molecule is Cc1cc(-c2ccc(-c3ccc(C(=O)c4ccccc4)cc3)cc2)ccc1-c1ccc(C(F)(F)F)cc1. The standard InChI is InChI=1S/C33H23F3O/c1-22-21-29(17-20-31(22)26-15-18-30(19-16-26)33(34,35)36)25-9-7-23(8-10-25)24-11-13-28(14-12-24)32(37)27-5-3-2-4-6-27/h2-21H,1H3. The fraction of sp³-hybridized carbons (Fsp3) is 0.0606. The van der Waals surface area contributed by atoms with E-state index in [1.807, 2.05) is 104 Å². The quantitative estimate of drug-likeness (QED) is 0.224. The molecule has 0 heterocycles. The molecule has 0 saturated heterocycles. The highest BCUT2D eigenvalue weighted by Gasteiger charge is 2.30. The minimum atomic E-state index is -4.34. The second-order valence-corrected chi connectivity index (χ2v) is 8.95. The zero-order valence-electron chi connectivity index (χ0n) is 20.1. The lowest BCUT2D eigenvalue weighted by Crippen LogP contribution is -2.04. The number of rotatable bonds is 5. The average Bonchev–Trinajstić information content (AvgIpc) is 2.93. The Morgan fingerprint density at radius 2 is 1.00 bits per heavy atom. The van der Waals surface area contributed by atoms with Crippen LogP contribution in [0.4, 0.5) is 13.2 Å². The lowest BCUT2D eigenvalue weighted by atomic mass is 9.94. The molecule has 4 heteroatoms. The van der Waals surface area contributed by atoms with Crippen LogP contribution in [-0.4, -0.2) is 5.78 Å². The Balaban J connectivity index is 1.33. The summed E-state index contributed by atoms with van der Waals surface area (Å²) >= 11 is 0. The highest BCUT2D eigenvalue weighted by atomic mass is 19.4. The van der Waals surface area contributed by atoms with Crippen LogP contribution in [0.1, 0.15) is 27.0 Å². The molecule has 0 aromatic heterocycles. The number of benzene rings is 5. The van der Waals surface area contributed by atoms with Gasteiger partial charge in [0.1, 0.15) is 0 Å². The van der Waals surface area contributed by atoms with Crippen molar-refractivity contribution in [1.29, 1.82) is 0 Å². The van der Waals surface area contributed by atoms with Gasteiger partial charge in [0, 0.05) is 11.1 Å². The van der Waals surface area contributed by atoms with E-state index in [9.17, 15) is 18.0 Å². The van der Waals surface area contributed by atoms with Gasteiger partial charge in [0.15, 0.2) is 5.78 Å². The normalized spacial score (nSPS) is 11.4. The molecule has 0 saturated carbocycles. The van der Waals surface area contributed by atoms with Crippen LogP contribution in [0.15, 0.2) is 121 Å². The monoisotopic (exact) mass is 492 g/mol. The van der Waals surface area contributed by atoms with E-state index in [2.05, 4.69) is 0 Å². The molecular weight excluding hydrogens is 469 g/mol. The van der Waals surface area contributed by atoms with Crippen molar-refractivity contribution in [1.82, 2.24) is 0 Å². The first-order valence-corrected chi connectivity index (χ1v) is 11.9. The molecule has 5 aromatic carbocycles. The molecule has 0 aliphatic carbocycles. The summed E-state index contributed by atoms with van der Waals surface area (Å²) in [4.78, 5) is 12.6. The van der Waals surface area contributed by atoms with Crippen LogP contribution in [0.25, 0.3) is 33.4 Å². The molecule has 5 aromatic rings. The second-order valence-electron chi connectivity index (χ2n) is 8.95. The summed E-state index contributed by atoms with van der Waals surface area (Å²) in [6.45, 7) is 1.96. The van der Waals surface area contributed by atoms with Crippen LogP contribution in [0, 0.1) is 6.92 Å². The van der Waals surface area contributed by atoms with Crippen molar-refractivity contribution in [3.63, 3.8) is 0 Å². The van der Waals surface area contributed by atoms with Crippen molar-refractivity contribution < 1.29 is 18.0 Å². The van der Waals surface area contributed by atoms with Gasteiger partial charge < -0.3 is 0 Å². The van der Waals surface area contributed by atoms with Gasteiger partial charge in [-0.3, -0.25) is 4.79 Å². The molecule has 0 N–H and O–H groups in total. The van der Waals surface area contributed by atoms with E-state index < -0.39 is 11.7 Å². The smallest absolute Gasteiger partial charge is 0.289 e. The van der Waals surface area contributed by atoms with E-state index in [0.717, 1.165) is 51.1 Å². The van der Waals surface area contributed by atoms with Gasteiger partial charge in [0.2, 0.25) is 0 Å². The van der Waals surface area contributed by atoms with Gasteiger partial charge >= 0.3 is 6.18 Å². The molecule has 0 amide bonds. The van der Waals surface area contributed by atoms with Crippen LogP contribution in [0.5, 0.6) is 0 Å². The third-order valence-electron chi connectivity index (χ3n) is 6.48. The first-order chi connectivity index (χ1) is 17.8. The number of halogens is 3. The van der Waals surface area contributed by atoms with Crippen LogP contribution in [0.3, 0.4) is 0 Å². The molecule has 0 spiro atoms. The summed E-state index contributed by atoms with van der Waals surface area (Å²) in [7, 11) is 0. The highest BCUT2D eigenvalue weighted by Crippen LogP contribution is 2.33. The lowest BCUT2D eigenvalue weighted by Gasteiger charge is -2.12. The Morgan fingerprint density at radius 1 is 0.541 bits per heavy atom. The largest absolute Gasteiger partial charge is 0.416 e. The zero-order valence-corrected chi connectivity index (χ0v) is 20.1. The summed E-state index contributed by atoms with van der Waals surface area (Å²) in [6.07, 6.45) is -4.34. The lowest BCUT2D eigenvalue weighted by molar-refractivity contribution is -0.137. The molecule has 0 bridgehead atoms. The van der Waals surface area contributed by atoms with Crippen molar-refractivity contribution in [2.45, 2.75) is 13.1 Å². The van der Waals surface area contributed by atoms with Crippen molar-refractivity contribution in [2.24, 2.45) is 0 Å². The van der Waals surface area contributed by atoms with Crippen molar-refractivity contribution in [3.8, 4) is 33.4 Å². The molecule has 182 valence electrons. The van der Waals surface area contributed by atoms with Gasteiger partial charge in [-0.05, 0) is 58.0 Å². The maximum absolute atomic E-state index is 12.9. The summed E-state index contributed by atoms with van der Waals surface area (Å²) in [5.74, 6) is -0.00221. The Morgan fingerprint density at radius 3 is 1.54 bits per heavy atom.